The minimum Gasteiger partial charge on any atom is -0.497 e. The zero-order valence-electron chi connectivity index (χ0n) is 12.9. The first-order valence-corrected chi connectivity index (χ1v) is 7.35. The highest BCUT2D eigenvalue weighted by molar-refractivity contribution is 5.28. The lowest BCUT2D eigenvalue weighted by molar-refractivity contribution is 0.104. The lowest BCUT2D eigenvalue weighted by atomic mass is 9.98. The van der Waals surface area contributed by atoms with Crippen molar-refractivity contribution in [2.24, 2.45) is 5.73 Å². The maximum absolute atomic E-state index is 6.35. The van der Waals surface area contributed by atoms with Crippen LogP contribution in [0.1, 0.15) is 12.0 Å². The molecule has 2 atom stereocenters. The van der Waals surface area contributed by atoms with Crippen molar-refractivity contribution in [1.29, 1.82) is 0 Å². The average Bonchev–Trinajstić information content (AvgIpc) is 2.43. The van der Waals surface area contributed by atoms with E-state index in [4.69, 9.17) is 10.5 Å². The van der Waals surface area contributed by atoms with Crippen LogP contribution in [0.15, 0.2) is 24.3 Å². The molecule has 0 bridgehead atoms. The topological polar surface area (TPSA) is 41.7 Å². The third-order valence-corrected chi connectivity index (χ3v) is 4.19. The van der Waals surface area contributed by atoms with E-state index in [1.807, 2.05) is 12.1 Å². The van der Waals surface area contributed by atoms with Gasteiger partial charge in [-0.1, -0.05) is 12.1 Å². The van der Waals surface area contributed by atoms with Gasteiger partial charge in [0, 0.05) is 31.7 Å². The van der Waals surface area contributed by atoms with E-state index in [9.17, 15) is 0 Å². The number of piperazine rings is 1. The average molecular weight is 277 g/mol. The van der Waals surface area contributed by atoms with E-state index in [0.717, 1.165) is 38.2 Å². The van der Waals surface area contributed by atoms with E-state index < -0.39 is 0 Å². The van der Waals surface area contributed by atoms with Gasteiger partial charge in [-0.05, 0) is 44.6 Å². The Bertz CT molecular complexity index is 424. The van der Waals surface area contributed by atoms with Crippen LogP contribution in [0, 0.1) is 0 Å². The van der Waals surface area contributed by atoms with Crippen molar-refractivity contribution in [3.63, 3.8) is 0 Å². The first-order valence-electron chi connectivity index (χ1n) is 7.35. The molecule has 2 rings (SSSR count). The number of nitrogens with two attached hydrogens (primary N) is 1. The molecule has 1 aliphatic heterocycles. The Morgan fingerprint density at radius 3 is 2.90 bits per heavy atom. The van der Waals surface area contributed by atoms with Crippen molar-refractivity contribution in [3.05, 3.63) is 29.8 Å². The first kappa shape index (κ1) is 15.3. The first-order chi connectivity index (χ1) is 9.58. The fourth-order valence-electron chi connectivity index (χ4n) is 2.89. The molecule has 1 aromatic rings. The summed E-state index contributed by atoms with van der Waals surface area (Å²) in [6.07, 6.45) is 1.95. The van der Waals surface area contributed by atoms with Gasteiger partial charge in [-0.15, -0.1) is 0 Å². The van der Waals surface area contributed by atoms with Crippen LogP contribution in [0.4, 0.5) is 0 Å². The van der Waals surface area contributed by atoms with Crippen LogP contribution >= 0.6 is 0 Å². The minimum absolute atomic E-state index is 0.195. The van der Waals surface area contributed by atoms with E-state index in [-0.39, 0.29) is 6.04 Å². The fraction of sp³-hybridized carbons (Fsp3) is 0.625. The number of hydrogen-bond acceptors (Lipinski definition) is 4. The van der Waals surface area contributed by atoms with Gasteiger partial charge in [-0.2, -0.15) is 0 Å². The highest BCUT2D eigenvalue weighted by Crippen LogP contribution is 2.17. The normalized spacial score (nSPS) is 22.7. The van der Waals surface area contributed by atoms with Gasteiger partial charge in [0.2, 0.25) is 0 Å². The van der Waals surface area contributed by atoms with Gasteiger partial charge in [-0.3, -0.25) is 0 Å². The van der Waals surface area contributed by atoms with Crippen molar-refractivity contribution >= 4 is 0 Å². The molecule has 4 heteroatoms. The molecule has 1 aromatic carbocycles. The van der Waals surface area contributed by atoms with Crippen LogP contribution < -0.4 is 10.5 Å². The van der Waals surface area contributed by atoms with Gasteiger partial charge in [0.25, 0.3) is 0 Å². The van der Waals surface area contributed by atoms with Crippen LogP contribution in [0.5, 0.6) is 5.75 Å². The summed E-state index contributed by atoms with van der Waals surface area (Å²) >= 11 is 0. The van der Waals surface area contributed by atoms with Gasteiger partial charge in [0.1, 0.15) is 5.75 Å². The van der Waals surface area contributed by atoms with Crippen LogP contribution in [0.25, 0.3) is 0 Å². The predicted octanol–water partition coefficient (Wildman–Crippen LogP) is 1.20. The molecular weight excluding hydrogens is 250 g/mol. The molecule has 0 aliphatic carbocycles. The maximum atomic E-state index is 6.35. The molecule has 0 aromatic heterocycles. The summed E-state index contributed by atoms with van der Waals surface area (Å²) in [5.74, 6) is 0.907. The summed E-state index contributed by atoms with van der Waals surface area (Å²) in [7, 11) is 6.09. The monoisotopic (exact) mass is 277 g/mol. The molecule has 1 heterocycles. The van der Waals surface area contributed by atoms with Crippen LogP contribution in [0.3, 0.4) is 0 Å². The zero-order chi connectivity index (χ0) is 14.5. The molecule has 4 nitrogen and oxygen atoms in total. The molecule has 1 fully saturated rings. The fourth-order valence-corrected chi connectivity index (χ4v) is 2.89. The van der Waals surface area contributed by atoms with Gasteiger partial charge >= 0.3 is 0 Å². The molecule has 0 saturated carbocycles. The summed E-state index contributed by atoms with van der Waals surface area (Å²) in [5.41, 5.74) is 7.60. The Morgan fingerprint density at radius 2 is 2.15 bits per heavy atom. The maximum Gasteiger partial charge on any atom is 0.119 e. The molecule has 1 saturated heterocycles. The van der Waals surface area contributed by atoms with Crippen molar-refractivity contribution in [2.45, 2.75) is 24.9 Å². The van der Waals surface area contributed by atoms with Gasteiger partial charge in [0.15, 0.2) is 0 Å². The van der Waals surface area contributed by atoms with Crippen LogP contribution in [0.2, 0.25) is 0 Å². The largest absolute Gasteiger partial charge is 0.497 e. The number of benzene rings is 1. The number of ether oxygens (including phenoxy) is 1. The lowest BCUT2D eigenvalue weighted by Gasteiger charge is -2.38. The Kier molecular flexibility index (Phi) is 5.40. The van der Waals surface area contributed by atoms with E-state index in [1.54, 1.807) is 7.11 Å². The number of hydrogen-bond donors (Lipinski definition) is 1. The molecule has 2 N–H and O–H groups in total. The van der Waals surface area contributed by atoms with E-state index in [0.29, 0.717) is 6.04 Å². The number of rotatable bonds is 5. The predicted molar refractivity (Wildman–Crippen MR) is 83.2 cm³/mol. The Hall–Kier alpha value is -1.10. The summed E-state index contributed by atoms with van der Waals surface area (Å²) in [6.45, 7) is 3.40. The summed E-state index contributed by atoms with van der Waals surface area (Å²) < 4.78 is 5.26. The van der Waals surface area contributed by atoms with Crippen molar-refractivity contribution in [1.82, 2.24) is 9.80 Å². The molecule has 0 amide bonds. The number of likely N-dealkylation sites (N-methyl/N-ethyl adjacent to an activating group) is 2. The van der Waals surface area contributed by atoms with Crippen molar-refractivity contribution in [3.8, 4) is 5.75 Å². The third-order valence-electron chi connectivity index (χ3n) is 4.19. The standard InChI is InChI=1S/C16H27N3O/c1-18-7-8-19(2)15(12-18)11-14(17)9-13-5-4-6-16(10-13)20-3/h4-6,10,14-15H,7-9,11-12,17H2,1-3H3. The molecule has 1 aliphatic rings. The van der Waals surface area contributed by atoms with E-state index >= 15 is 0 Å². The SMILES string of the molecule is COc1cccc(CC(N)CC2CN(C)CCN2C)c1. The van der Waals surface area contributed by atoms with Gasteiger partial charge < -0.3 is 20.3 Å². The third kappa shape index (κ3) is 4.20. The Balaban J connectivity index is 1.89. The summed E-state index contributed by atoms with van der Waals surface area (Å²) in [6, 6.07) is 8.96. The zero-order valence-corrected chi connectivity index (χ0v) is 12.9. The molecule has 0 radical (unpaired) electrons. The second-order valence-electron chi connectivity index (χ2n) is 5.95. The number of methoxy groups -OCH3 is 1. The number of nitrogens with zero attached hydrogens (tertiary/aromatic N) is 2. The smallest absolute Gasteiger partial charge is 0.119 e. The molecule has 112 valence electrons. The van der Waals surface area contributed by atoms with E-state index in [1.165, 1.54) is 5.56 Å². The van der Waals surface area contributed by atoms with Crippen LogP contribution in [-0.2, 0) is 6.42 Å². The highest BCUT2D eigenvalue weighted by Gasteiger charge is 2.24. The molecular formula is C16H27N3O. The minimum atomic E-state index is 0.195. The van der Waals surface area contributed by atoms with Gasteiger partial charge in [-0.25, -0.2) is 0 Å². The highest BCUT2D eigenvalue weighted by atomic mass is 16.5. The van der Waals surface area contributed by atoms with Crippen LogP contribution in [-0.4, -0.2) is 62.7 Å². The Morgan fingerprint density at radius 1 is 1.35 bits per heavy atom. The van der Waals surface area contributed by atoms with Gasteiger partial charge in [0.05, 0.1) is 7.11 Å². The molecule has 20 heavy (non-hydrogen) atoms. The second-order valence-corrected chi connectivity index (χ2v) is 5.95. The molecule has 2 unspecified atom stereocenters. The quantitative estimate of drug-likeness (QED) is 0.878. The van der Waals surface area contributed by atoms with E-state index in [2.05, 4.69) is 36.0 Å². The van der Waals surface area contributed by atoms with Crippen molar-refractivity contribution < 1.29 is 4.74 Å². The second kappa shape index (κ2) is 7.07. The summed E-state index contributed by atoms with van der Waals surface area (Å²) in [5, 5.41) is 0. The summed E-state index contributed by atoms with van der Waals surface area (Å²) in [4.78, 5) is 4.83. The molecule has 0 spiro atoms. The van der Waals surface area contributed by atoms with Crippen molar-refractivity contribution in [2.75, 3.05) is 40.8 Å². The lowest BCUT2D eigenvalue weighted by Crippen LogP contribution is -2.51. The Labute approximate surface area is 122 Å².